The number of amides is 1. The quantitative estimate of drug-likeness (QED) is 0.857. The van der Waals surface area contributed by atoms with Crippen molar-refractivity contribution in [2.45, 2.75) is 32.7 Å². The molecule has 0 spiro atoms. The maximum absolute atomic E-state index is 13.3. The lowest BCUT2D eigenvalue weighted by molar-refractivity contribution is -0.123. The number of unbranched alkanes of at least 4 members (excludes halogenated alkanes) is 1. The summed E-state index contributed by atoms with van der Waals surface area (Å²) in [7, 11) is 0. The van der Waals surface area contributed by atoms with Crippen LogP contribution in [0.2, 0.25) is 0 Å². The van der Waals surface area contributed by atoms with E-state index in [-0.39, 0.29) is 5.91 Å². The summed E-state index contributed by atoms with van der Waals surface area (Å²) in [5, 5.41) is 2.81. The van der Waals surface area contributed by atoms with Gasteiger partial charge in [0, 0.05) is 18.7 Å². The lowest BCUT2D eigenvalue weighted by atomic mass is 10.2. The van der Waals surface area contributed by atoms with Gasteiger partial charge in [-0.05, 0) is 13.3 Å². The Hall–Kier alpha value is -1.98. The van der Waals surface area contributed by atoms with Crippen molar-refractivity contribution in [3.63, 3.8) is 0 Å². The number of aromatic nitrogens is 2. The van der Waals surface area contributed by atoms with Crippen LogP contribution in [0.15, 0.2) is 18.5 Å². The first-order valence-corrected chi connectivity index (χ1v) is 6.64. The summed E-state index contributed by atoms with van der Waals surface area (Å²) >= 11 is 0. The number of carbonyl (C=O) groups excluding carboxylic acids is 1. The van der Waals surface area contributed by atoms with E-state index in [1.807, 2.05) is 6.92 Å². The third kappa shape index (κ3) is 2.79. The molecule has 1 N–H and O–H groups in total. The highest BCUT2D eigenvalue weighted by molar-refractivity contribution is 5.83. The van der Waals surface area contributed by atoms with Crippen molar-refractivity contribution in [2.75, 3.05) is 6.54 Å². The van der Waals surface area contributed by atoms with E-state index >= 15 is 0 Å². The predicted molar refractivity (Wildman–Crippen MR) is 72.3 cm³/mol. The fourth-order valence-corrected chi connectivity index (χ4v) is 1.99. The molecule has 1 aromatic heterocycles. The van der Waals surface area contributed by atoms with Gasteiger partial charge < -0.3 is 9.88 Å². The molecule has 1 unspecified atom stereocenters. The van der Waals surface area contributed by atoms with E-state index in [4.69, 9.17) is 0 Å². The number of halogens is 2. The Morgan fingerprint density at radius 1 is 1.40 bits per heavy atom. The number of fused-ring (bicyclic) bond motifs is 1. The van der Waals surface area contributed by atoms with Gasteiger partial charge in [-0.1, -0.05) is 13.3 Å². The second-order valence-corrected chi connectivity index (χ2v) is 4.73. The van der Waals surface area contributed by atoms with Gasteiger partial charge in [0.05, 0.1) is 17.4 Å². The van der Waals surface area contributed by atoms with Crippen LogP contribution < -0.4 is 5.32 Å². The van der Waals surface area contributed by atoms with E-state index in [0.717, 1.165) is 25.0 Å². The van der Waals surface area contributed by atoms with Crippen molar-refractivity contribution in [2.24, 2.45) is 0 Å². The average Bonchev–Trinajstić information content (AvgIpc) is 2.81. The molecule has 6 heteroatoms. The Balaban J connectivity index is 2.24. The number of rotatable bonds is 5. The summed E-state index contributed by atoms with van der Waals surface area (Å²) in [5.74, 6) is -2.05. The second kappa shape index (κ2) is 5.98. The Kier molecular flexibility index (Phi) is 4.32. The van der Waals surface area contributed by atoms with Crippen molar-refractivity contribution in [3.8, 4) is 0 Å². The summed E-state index contributed by atoms with van der Waals surface area (Å²) in [4.78, 5) is 16.0. The fourth-order valence-electron chi connectivity index (χ4n) is 1.99. The van der Waals surface area contributed by atoms with Crippen LogP contribution in [0.4, 0.5) is 8.78 Å². The van der Waals surface area contributed by atoms with Crippen molar-refractivity contribution in [1.82, 2.24) is 14.9 Å². The van der Waals surface area contributed by atoms with Gasteiger partial charge in [0.2, 0.25) is 5.91 Å². The fraction of sp³-hybridized carbons (Fsp3) is 0.429. The first kappa shape index (κ1) is 14.4. The van der Waals surface area contributed by atoms with Crippen LogP contribution in [0, 0.1) is 11.6 Å². The number of imidazole rings is 1. The maximum Gasteiger partial charge on any atom is 0.242 e. The smallest absolute Gasteiger partial charge is 0.242 e. The lowest BCUT2D eigenvalue weighted by Crippen LogP contribution is -2.31. The summed E-state index contributed by atoms with van der Waals surface area (Å²) in [6.07, 6.45) is 3.32. The van der Waals surface area contributed by atoms with Gasteiger partial charge in [-0.3, -0.25) is 4.79 Å². The molecule has 20 heavy (non-hydrogen) atoms. The topological polar surface area (TPSA) is 46.9 Å². The molecule has 0 aliphatic carbocycles. The molecule has 108 valence electrons. The maximum atomic E-state index is 13.3. The van der Waals surface area contributed by atoms with Gasteiger partial charge in [0.1, 0.15) is 6.04 Å². The van der Waals surface area contributed by atoms with E-state index in [9.17, 15) is 13.6 Å². The molecule has 4 nitrogen and oxygen atoms in total. The molecule has 0 bridgehead atoms. The largest absolute Gasteiger partial charge is 0.354 e. The Labute approximate surface area is 115 Å². The lowest BCUT2D eigenvalue weighted by Gasteiger charge is -2.14. The zero-order chi connectivity index (χ0) is 14.7. The van der Waals surface area contributed by atoms with Gasteiger partial charge in [0.15, 0.2) is 11.6 Å². The molecule has 1 aromatic carbocycles. The highest BCUT2D eigenvalue weighted by atomic mass is 19.2. The monoisotopic (exact) mass is 281 g/mol. The van der Waals surface area contributed by atoms with Crippen molar-refractivity contribution >= 4 is 16.9 Å². The number of nitrogens with one attached hydrogen (secondary N) is 1. The SMILES string of the molecule is CCCCNC(=O)C(C)n1cnc2cc(F)c(F)cc21. The van der Waals surface area contributed by atoms with E-state index in [0.29, 0.717) is 17.6 Å². The van der Waals surface area contributed by atoms with Gasteiger partial charge in [-0.2, -0.15) is 0 Å². The van der Waals surface area contributed by atoms with Crippen LogP contribution in [0.1, 0.15) is 32.7 Å². The number of nitrogens with zero attached hydrogens (tertiary/aromatic N) is 2. The van der Waals surface area contributed by atoms with Crippen LogP contribution in [-0.4, -0.2) is 22.0 Å². The molecule has 0 radical (unpaired) electrons. The molecule has 2 rings (SSSR count). The molecular formula is C14H17F2N3O. The van der Waals surface area contributed by atoms with Crippen LogP contribution in [0.5, 0.6) is 0 Å². The number of benzene rings is 1. The van der Waals surface area contributed by atoms with Gasteiger partial charge in [-0.15, -0.1) is 0 Å². The highest BCUT2D eigenvalue weighted by Gasteiger charge is 2.18. The number of carbonyl (C=O) groups is 1. The third-order valence-corrected chi connectivity index (χ3v) is 3.24. The Morgan fingerprint density at radius 2 is 2.10 bits per heavy atom. The minimum Gasteiger partial charge on any atom is -0.354 e. The normalized spacial score (nSPS) is 12.6. The minimum atomic E-state index is -0.946. The summed E-state index contributed by atoms with van der Waals surface area (Å²) in [6.45, 7) is 4.34. The van der Waals surface area contributed by atoms with Crippen LogP contribution in [-0.2, 0) is 4.79 Å². The van der Waals surface area contributed by atoms with Crippen LogP contribution in [0.3, 0.4) is 0 Å². The van der Waals surface area contributed by atoms with Crippen molar-refractivity contribution < 1.29 is 13.6 Å². The van der Waals surface area contributed by atoms with Gasteiger partial charge >= 0.3 is 0 Å². The van der Waals surface area contributed by atoms with Crippen LogP contribution in [0.25, 0.3) is 11.0 Å². The molecule has 1 amide bonds. The Bertz CT molecular complexity index is 624. The molecule has 0 aliphatic heterocycles. The molecule has 1 atom stereocenters. The van der Waals surface area contributed by atoms with E-state index in [1.165, 1.54) is 6.33 Å². The van der Waals surface area contributed by atoms with E-state index < -0.39 is 17.7 Å². The van der Waals surface area contributed by atoms with Gasteiger partial charge in [-0.25, -0.2) is 13.8 Å². The number of hydrogen-bond donors (Lipinski definition) is 1. The van der Waals surface area contributed by atoms with E-state index in [1.54, 1.807) is 11.5 Å². The zero-order valence-electron chi connectivity index (χ0n) is 11.5. The summed E-state index contributed by atoms with van der Waals surface area (Å²) in [6, 6.07) is 1.57. The van der Waals surface area contributed by atoms with Crippen LogP contribution >= 0.6 is 0 Å². The molecule has 0 saturated heterocycles. The molecule has 0 saturated carbocycles. The van der Waals surface area contributed by atoms with Crippen molar-refractivity contribution in [3.05, 3.63) is 30.1 Å². The number of hydrogen-bond acceptors (Lipinski definition) is 2. The molecule has 2 aromatic rings. The molecular weight excluding hydrogens is 264 g/mol. The first-order chi connectivity index (χ1) is 9.54. The van der Waals surface area contributed by atoms with E-state index in [2.05, 4.69) is 10.3 Å². The highest BCUT2D eigenvalue weighted by Crippen LogP contribution is 2.20. The second-order valence-electron chi connectivity index (χ2n) is 4.73. The summed E-state index contributed by atoms with van der Waals surface area (Å²) in [5.41, 5.74) is 0.735. The standard InChI is InChI=1S/C14H17F2N3O/c1-3-4-5-17-14(20)9(2)19-8-18-12-6-10(15)11(16)7-13(12)19/h6-9H,3-5H2,1-2H3,(H,17,20). The Morgan fingerprint density at radius 3 is 2.80 bits per heavy atom. The predicted octanol–water partition coefficient (Wildman–Crippen LogP) is 2.79. The zero-order valence-corrected chi connectivity index (χ0v) is 11.5. The summed E-state index contributed by atoms with van der Waals surface area (Å²) < 4.78 is 28.0. The molecule has 1 heterocycles. The average molecular weight is 281 g/mol. The minimum absolute atomic E-state index is 0.164. The molecule has 0 fully saturated rings. The van der Waals surface area contributed by atoms with Crippen molar-refractivity contribution in [1.29, 1.82) is 0 Å². The first-order valence-electron chi connectivity index (χ1n) is 6.64. The third-order valence-electron chi connectivity index (χ3n) is 3.24. The molecule has 0 aliphatic rings. The van der Waals surface area contributed by atoms with Gasteiger partial charge in [0.25, 0.3) is 0 Å².